The van der Waals surface area contributed by atoms with Crippen LogP contribution in [-0.4, -0.2) is 22.9 Å². The van der Waals surface area contributed by atoms with Crippen LogP contribution >= 0.6 is 0 Å². The minimum Gasteiger partial charge on any atom is -0.492 e. The minimum absolute atomic E-state index is 0.105. The molecule has 0 aliphatic heterocycles. The first kappa shape index (κ1) is 14.3. The van der Waals surface area contributed by atoms with Gasteiger partial charge in [0.25, 0.3) is 5.56 Å². The van der Waals surface area contributed by atoms with Gasteiger partial charge in [0, 0.05) is 6.07 Å². The van der Waals surface area contributed by atoms with E-state index in [4.69, 9.17) is 10.5 Å². The molecular weight excluding hydrogens is 254 g/mol. The summed E-state index contributed by atoms with van der Waals surface area (Å²) in [5, 5.41) is 4.06. The second-order valence-electron chi connectivity index (χ2n) is 4.63. The highest BCUT2D eigenvalue weighted by molar-refractivity contribution is 5.27. The Labute approximate surface area is 118 Å². The summed E-state index contributed by atoms with van der Waals surface area (Å²) in [7, 11) is 0. The first-order chi connectivity index (χ1) is 9.69. The van der Waals surface area contributed by atoms with Crippen molar-refractivity contribution in [1.82, 2.24) is 9.78 Å². The van der Waals surface area contributed by atoms with Crippen LogP contribution in [0.3, 0.4) is 0 Å². The van der Waals surface area contributed by atoms with Gasteiger partial charge in [-0.1, -0.05) is 12.1 Å². The minimum atomic E-state index is -0.105. The Hall–Kier alpha value is -2.14. The Balaban J connectivity index is 1.87. The molecule has 0 unspecified atom stereocenters. The molecule has 5 nitrogen and oxygen atoms in total. The number of rotatable bonds is 6. The van der Waals surface area contributed by atoms with Gasteiger partial charge in [-0.3, -0.25) is 4.79 Å². The molecule has 1 aromatic heterocycles. The molecule has 0 atom stereocenters. The molecule has 0 aliphatic rings. The van der Waals surface area contributed by atoms with E-state index >= 15 is 0 Å². The molecule has 2 N–H and O–H groups in total. The van der Waals surface area contributed by atoms with E-state index in [-0.39, 0.29) is 5.56 Å². The lowest BCUT2D eigenvalue weighted by Crippen LogP contribution is -2.25. The number of benzene rings is 1. The lowest BCUT2D eigenvalue weighted by Gasteiger charge is -2.08. The van der Waals surface area contributed by atoms with Crippen molar-refractivity contribution in [3.63, 3.8) is 0 Å². The van der Waals surface area contributed by atoms with E-state index in [1.54, 1.807) is 12.3 Å². The van der Waals surface area contributed by atoms with Gasteiger partial charge in [0.15, 0.2) is 0 Å². The summed E-state index contributed by atoms with van der Waals surface area (Å²) in [6, 6.07) is 9.39. The quantitative estimate of drug-likeness (QED) is 0.856. The van der Waals surface area contributed by atoms with E-state index in [1.165, 1.54) is 10.2 Å². The molecule has 0 spiro atoms. The summed E-state index contributed by atoms with van der Waals surface area (Å²) in [6.45, 7) is 3.33. The third-order valence-corrected chi connectivity index (χ3v) is 2.93. The monoisotopic (exact) mass is 273 g/mol. The number of aromatic nitrogens is 2. The van der Waals surface area contributed by atoms with E-state index in [1.807, 2.05) is 31.2 Å². The second-order valence-corrected chi connectivity index (χ2v) is 4.63. The largest absolute Gasteiger partial charge is 0.492 e. The Kier molecular flexibility index (Phi) is 4.90. The van der Waals surface area contributed by atoms with E-state index in [9.17, 15) is 4.79 Å². The third kappa shape index (κ3) is 3.93. The van der Waals surface area contributed by atoms with Crippen molar-refractivity contribution in [2.75, 3.05) is 13.2 Å². The fourth-order valence-corrected chi connectivity index (χ4v) is 1.86. The van der Waals surface area contributed by atoms with Crippen LogP contribution in [0.25, 0.3) is 0 Å². The van der Waals surface area contributed by atoms with Crippen molar-refractivity contribution >= 4 is 0 Å². The molecular formula is C15H19N3O2. The van der Waals surface area contributed by atoms with Gasteiger partial charge in [-0.15, -0.1) is 0 Å². The Morgan fingerprint density at radius 3 is 2.70 bits per heavy atom. The predicted octanol–water partition coefficient (Wildman–Crippen LogP) is 1.13. The number of ether oxygens (including phenoxy) is 1. The first-order valence-corrected chi connectivity index (χ1v) is 6.64. The fourth-order valence-electron chi connectivity index (χ4n) is 1.86. The maximum Gasteiger partial charge on any atom is 0.267 e. The van der Waals surface area contributed by atoms with Gasteiger partial charge < -0.3 is 10.5 Å². The summed E-state index contributed by atoms with van der Waals surface area (Å²) in [5.74, 6) is 0.783. The number of hydrogen-bond acceptors (Lipinski definition) is 4. The first-order valence-electron chi connectivity index (χ1n) is 6.64. The number of nitrogens with zero attached hydrogens (tertiary/aromatic N) is 2. The van der Waals surface area contributed by atoms with E-state index in [0.29, 0.717) is 19.7 Å². The summed E-state index contributed by atoms with van der Waals surface area (Å²) >= 11 is 0. The molecule has 2 aromatic rings. The van der Waals surface area contributed by atoms with E-state index in [0.717, 1.165) is 17.7 Å². The van der Waals surface area contributed by atoms with Gasteiger partial charge in [-0.25, -0.2) is 4.68 Å². The smallest absolute Gasteiger partial charge is 0.267 e. The SMILES string of the molecule is Cc1cnn(CCOc2ccc(CCN)cc2)c(=O)c1. The molecule has 0 fully saturated rings. The van der Waals surface area contributed by atoms with Crippen LogP contribution in [0.1, 0.15) is 11.1 Å². The van der Waals surface area contributed by atoms with E-state index in [2.05, 4.69) is 5.10 Å². The summed E-state index contributed by atoms with van der Waals surface area (Å²) in [6.07, 6.45) is 2.53. The normalized spacial score (nSPS) is 10.5. The van der Waals surface area contributed by atoms with Crippen molar-refractivity contribution < 1.29 is 4.74 Å². The van der Waals surface area contributed by atoms with Crippen molar-refractivity contribution in [3.8, 4) is 5.75 Å². The highest BCUT2D eigenvalue weighted by Gasteiger charge is 1.99. The molecule has 1 heterocycles. The molecule has 0 saturated carbocycles. The van der Waals surface area contributed by atoms with Crippen molar-refractivity contribution in [1.29, 1.82) is 0 Å². The van der Waals surface area contributed by atoms with Crippen LogP contribution in [-0.2, 0) is 13.0 Å². The van der Waals surface area contributed by atoms with Crippen LogP contribution in [0.4, 0.5) is 0 Å². The molecule has 0 bridgehead atoms. The van der Waals surface area contributed by atoms with Gasteiger partial charge in [-0.2, -0.15) is 5.10 Å². The van der Waals surface area contributed by atoms with Crippen molar-refractivity contribution in [3.05, 3.63) is 58.0 Å². The molecule has 0 saturated heterocycles. The van der Waals surface area contributed by atoms with Gasteiger partial charge in [0.05, 0.1) is 12.7 Å². The second kappa shape index (κ2) is 6.86. The average molecular weight is 273 g/mol. The predicted molar refractivity (Wildman–Crippen MR) is 77.9 cm³/mol. The van der Waals surface area contributed by atoms with Crippen molar-refractivity contribution in [2.45, 2.75) is 19.9 Å². The maximum atomic E-state index is 11.6. The van der Waals surface area contributed by atoms with Crippen LogP contribution < -0.4 is 16.0 Å². The maximum absolute atomic E-state index is 11.6. The molecule has 0 aliphatic carbocycles. The van der Waals surface area contributed by atoms with Gasteiger partial charge in [0.1, 0.15) is 12.4 Å². The van der Waals surface area contributed by atoms with Crippen molar-refractivity contribution in [2.24, 2.45) is 5.73 Å². The van der Waals surface area contributed by atoms with Crippen LogP contribution in [0, 0.1) is 6.92 Å². The molecule has 1 aromatic carbocycles. The lowest BCUT2D eigenvalue weighted by atomic mass is 10.1. The zero-order valence-electron chi connectivity index (χ0n) is 11.6. The molecule has 0 radical (unpaired) electrons. The summed E-state index contributed by atoms with van der Waals surface area (Å²) in [5.41, 5.74) is 7.45. The Bertz CT molecular complexity index is 605. The third-order valence-electron chi connectivity index (χ3n) is 2.93. The van der Waals surface area contributed by atoms with Gasteiger partial charge in [-0.05, 0) is 43.1 Å². The fraction of sp³-hybridized carbons (Fsp3) is 0.333. The van der Waals surface area contributed by atoms with Gasteiger partial charge >= 0.3 is 0 Å². The number of hydrogen-bond donors (Lipinski definition) is 1. The topological polar surface area (TPSA) is 70.1 Å². The molecule has 20 heavy (non-hydrogen) atoms. The van der Waals surface area contributed by atoms with E-state index < -0.39 is 0 Å². The highest BCUT2D eigenvalue weighted by atomic mass is 16.5. The lowest BCUT2D eigenvalue weighted by molar-refractivity contribution is 0.287. The number of nitrogens with two attached hydrogens (primary N) is 1. The standard InChI is InChI=1S/C15H19N3O2/c1-12-10-15(19)18(17-11-12)8-9-20-14-4-2-13(3-5-14)6-7-16/h2-5,10-11H,6-9,16H2,1H3. The molecule has 106 valence electrons. The molecule has 5 heteroatoms. The summed E-state index contributed by atoms with van der Waals surface area (Å²) in [4.78, 5) is 11.6. The molecule has 2 rings (SSSR count). The average Bonchev–Trinajstić information content (AvgIpc) is 2.43. The van der Waals surface area contributed by atoms with Crippen LogP contribution in [0.2, 0.25) is 0 Å². The molecule has 0 amide bonds. The number of aryl methyl sites for hydroxylation is 1. The Morgan fingerprint density at radius 1 is 1.30 bits per heavy atom. The Morgan fingerprint density at radius 2 is 2.05 bits per heavy atom. The van der Waals surface area contributed by atoms with Gasteiger partial charge in [0.2, 0.25) is 0 Å². The van der Waals surface area contributed by atoms with Crippen LogP contribution in [0.15, 0.2) is 41.3 Å². The highest BCUT2D eigenvalue weighted by Crippen LogP contribution is 2.12. The zero-order chi connectivity index (χ0) is 14.4. The summed E-state index contributed by atoms with van der Waals surface area (Å²) < 4.78 is 7.00. The van der Waals surface area contributed by atoms with Crippen LogP contribution in [0.5, 0.6) is 5.75 Å². The zero-order valence-corrected chi connectivity index (χ0v) is 11.6.